The van der Waals surface area contributed by atoms with Gasteiger partial charge in [0.25, 0.3) is 0 Å². The first-order valence-electron chi connectivity index (χ1n) is 8.05. The summed E-state index contributed by atoms with van der Waals surface area (Å²) in [4.78, 5) is 30.9. The lowest BCUT2D eigenvalue weighted by molar-refractivity contribution is -0.117. The van der Waals surface area contributed by atoms with Gasteiger partial charge in [-0.15, -0.1) is 0 Å². The van der Waals surface area contributed by atoms with Crippen LogP contribution in [0.5, 0.6) is 0 Å². The molecule has 1 N–H and O–H groups in total. The average Bonchev–Trinajstić information content (AvgIpc) is 2.78. The zero-order valence-corrected chi connectivity index (χ0v) is 15.0. The molecule has 1 aromatic heterocycles. The molecule has 1 aromatic rings. The Morgan fingerprint density at radius 1 is 1.35 bits per heavy atom. The SMILES string of the molecule is CCOC(=O)c1sc(NC(=O)CN2CC(C)CC(C)C2)nc1C. The largest absolute Gasteiger partial charge is 0.462 e. The molecule has 1 amide bonds. The summed E-state index contributed by atoms with van der Waals surface area (Å²) in [6, 6.07) is 0. The van der Waals surface area contributed by atoms with E-state index in [9.17, 15) is 9.59 Å². The first-order chi connectivity index (χ1) is 10.9. The van der Waals surface area contributed by atoms with E-state index in [2.05, 4.69) is 29.0 Å². The predicted molar refractivity (Wildman–Crippen MR) is 90.8 cm³/mol. The molecular weight excluding hydrogens is 314 g/mol. The number of piperidine rings is 1. The highest BCUT2D eigenvalue weighted by molar-refractivity contribution is 7.17. The van der Waals surface area contributed by atoms with E-state index in [4.69, 9.17) is 4.74 Å². The minimum atomic E-state index is -0.387. The Morgan fingerprint density at radius 2 is 2.00 bits per heavy atom. The number of rotatable bonds is 5. The summed E-state index contributed by atoms with van der Waals surface area (Å²) in [6.45, 7) is 10.5. The molecular formula is C16H25N3O3S. The number of thiazole rings is 1. The number of esters is 1. The van der Waals surface area contributed by atoms with E-state index in [1.54, 1.807) is 13.8 Å². The van der Waals surface area contributed by atoms with Crippen molar-refractivity contribution in [1.82, 2.24) is 9.88 Å². The maximum absolute atomic E-state index is 12.2. The summed E-state index contributed by atoms with van der Waals surface area (Å²) >= 11 is 1.16. The Labute approximate surface area is 141 Å². The third kappa shape index (κ3) is 5.00. The van der Waals surface area contributed by atoms with Crippen LogP contribution in [0, 0.1) is 18.8 Å². The molecule has 1 aliphatic heterocycles. The Bertz CT molecular complexity index is 563. The minimum absolute atomic E-state index is 0.0875. The molecule has 1 aliphatic rings. The van der Waals surface area contributed by atoms with Gasteiger partial charge in [0.05, 0.1) is 18.8 Å². The highest BCUT2D eigenvalue weighted by Crippen LogP contribution is 2.24. The van der Waals surface area contributed by atoms with Gasteiger partial charge in [0, 0.05) is 13.1 Å². The first kappa shape index (κ1) is 17.9. The summed E-state index contributed by atoms with van der Waals surface area (Å²) in [5, 5.41) is 3.25. The van der Waals surface area contributed by atoms with E-state index >= 15 is 0 Å². The zero-order valence-electron chi connectivity index (χ0n) is 14.2. The monoisotopic (exact) mass is 339 g/mol. The van der Waals surface area contributed by atoms with Crippen molar-refractivity contribution in [2.24, 2.45) is 11.8 Å². The Balaban J connectivity index is 1.93. The van der Waals surface area contributed by atoms with Crippen LogP contribution in [-0.2, 0) is 9.53 Å². The van der Waals surface area contributed by atoms with E-state index in [-0.39, 0.29) is 11.9 Å². The molecule has 2 heterocycles. The highest BCUT2D eigenvalue weighted by Gasteiger charge is 2.24. The van der Waals surface area contributed by atoms with Gasteiger partial charge in [-0.2, -0.15) is 0 Å². The van der Waals surface area contributed by atoms with Crippen LogP contribution < -0.4 is 5.32 Å². The number of aromatic nitrogens is 1. The predicted octanol–water partition coefficient (Wildman–Crippen LogP) is 2.54. The summed E-state index contributed by atoms with van der Waals surface area (Å²) in [6.07, 6.45) is 1.21. The fraction of sp³-hybridized carbons (Fsp3) is 0.688. The van der Waals surface area contributed by atoms with Crippen molar-refractivity contribution in [1.29, 1.82) is 0 Å². The highest BCUT2D eigenvalue weighted by atomic mass is 32.1. The van der Waals surface area contributed by atoms with E-state index < -0.39 is 0 Å². The van der Waals surface area contributed by atoms with E-state index in [1.165, 1.54) is 6.42 Å². The van der Waals surface area contributed by atoms with Crippen LogP contribution in [0.25, 0.3) is 0 Å². The van der Waals surface area contributed by atoms with Crippen molar-refractivity contribution in [3.05, 3.63) is 10.6 Å². The van der Waals surface area contributed by atoms with Crippen molar-refractivity contribution < 1.29 is 14.3 Å². The van der Waals surface area contributed by atoms with Crippen LogP contribution in [-0.4, -0.2) is 48.0 Å². The molecule has 2 atom stereocenters. The number of nitrogens with one attached hydrogen (secondary N) is 1. The van der Waals surface area contributed by atoms with Gasteiger partial charge in [0.15, 0.2) is 5.13 Å². The van der Waals surface area contributed by atoms with Crippen molar-refractivity contribution in [3.63, 3.8) is 0 Å². The maximum Gasteiger partial charge on any atom is 0.350 e. The standard InChI is InChI=1S/C16H25N3O3S/c1-5-22-15(21)14-12(4)17-16(23-14)18-13(20)9-19-7-10(2)6-11(3)8-19/h10-11H,5-9H2,1-4H3,(H,17,18,20). The summed E-state index contributed by atoms with van der Waals surface area (Å²) < 4.78 is 4.98. The molecule has 6 nitrogen and oxygen atoms in total. The molecule has 128 valence electrons. The smallest absolute Gasteiger partial charge is 0.350 e. The minimum Gasteiger partial charge on any atom is -0.462 e. The number of anilines is 1. The molecule has 23 heavy (non-hydrogen) atoms. The number of likely N-dealkylation sites (tertiary alicyclic amines) is 1. The molecule has 0 radical (unpaired) electrons. The van der Waals surface area contributed by atoms with E-state index in [0.29, 0.717) is 40.7 Å². The lowest BCUT2D eigenvalue weighted by Gasteiger charge is -2.34. The van der Waals surface area contributed by atoms with E-state index in [1.807, 2.05) is 0 Å². The third-order valence-corrected chi connectivity index (χ3v) is 4.87. The van der Waals surface area contributed by atoms with Gasteiger partial charge < -0.3 is 10.1 Å². The van der Waals surface area contributed by atoms with Crippen LogP contribution >= 0.6 is 11.3 Å². The molecule has 0 aromatic carbocycles. The maximum atomic E-state index is 12.2. The van der Waals surface area contributed by atoms with Gasteiger partial charge in [0.2, 0.25) is 5.91 Å². The van der Waals surface area contributed by atoms with Gasteiger partial charge in [-0.1, -0.05) is 25.2 Å². The molecule has 7 heteroatoms. The van der Waals surface area contributed by atoms with Crippen LogP contribution in [0.4, 0.5) is 5.13 Å². The third-order valence-electron chi connectivity index (χ3n) is 3.82. The Hall–Kier alpha value is -1.47. The van der Waals surface area contributed by atoms with E-state index in [0.717, 1.165) is 24.4 Å². The number of aryl methyl sites for hydroxylation is 1. The fourth-order valence-electron chi connectivity index (χ4n) is 3.12. The number of nitrogens with zero attached hydrogens (tertiary/aromatic N) is 2. The van der Waals surface area contributed by atoms with Crippen LogP contribution in [0.2, 0.25) is 0 Å². The lowest BCUT2D eigenvalue weighted by Crippen LogP contribution is -2.42. The van der Waals surface area contributed by atoms with Crippen molar-refractivity contribution in [2.75, 3.05) is 31.6 Å². The molecule has 1 fully saturated rings. The molecule has 1 saturated heterocycles. The number of hydrogen-bond acceptors (Lipinski definition) is 6. The van der Waals surface area contributed by atoms with Crippen LogP contribution in [0.15, 0.2) is 0 Å². The Morgan fingerprint density at radius 3 is 2.61 bits per heavy atom. The fourth-order valence-corrected chi connectivity index (χ4v) is 4.00. The number of carbonyl (C=O) groups is 2. The molecule has 0 saturated carbocycles. The normalized spacial score (nSPS) is 21.9. The van der Waals surface area contributed by atoms with Crippen molar-refractivity contribution in [2.45, 2.75) is 34.1 Å². The van der Waals surface area contributed by atoms with Gasteiger partial charge in [-0.3, -0.25) is 9.69 Å². The second-order valence-corrected chi connectivity index (χ2v) is 7.34. The first-order valence-corrected chi connectivity index (χ1v) is 8.87. The topological polar surface area (TPSA) is 71.5 Å². The molecule has 2 unspecified atom stereocenters. The molecule has 2 rings (SSSR count). The van der Waals surface area contributed by atoms with Crippen LogP contribution in [0.3, 0.4) is 0 Å². The van der Waals surface area contributed by atoms with Crippen molar-refractivity contribution in [3.8, 4) is 0 Å². The zero-order chi connectivity index (χ0) is 17.0. The second-order valence-electron chi connectivity index (χ2n) is 6.34. The van der Waals surface area contributed by atoms with Gasteiger partial charge >= 0.3 is 5.97 Å². The van der Waals surface area contributed by atoms with Gasteiger partial charge in [0.1, 0.15) is 4.88 Å². The van der Waals surface area contributed by atoms with Crippen molar-refractivity contribution >= 4 is 28.3 Å². The van der Waals surface area contributed by atoms with Gasteiger partial charge in [-0.05, 0) is 32.1 Å². The summed E-state index contributed by atoms with van der Waals surface area (Å²) in [7, 11) is 0. The molecule has 0 aliphatic carbocycles. The summed E-state index contributed by atoms with van der Waals surface area (Å²) in [5.41, 5.74) is 0.587. The molecule has 0 bridgehead atoms. The number of ether oxygens (including phenoxy) is 1. The second kappa shape index (κ2) is 7.88. The van der Waals surface area contributed by atoms with Gasteiger partial charge in [-0.25, -0.2) is 9.78 Å². The van der Waals surface area contributed by atoms with Crippen LogP contribution in [0.1, 0.15) is 42.6 Å². The number of carbonyl (C=O) groups excluding carboxylic acids is 2. The number of amides is 1. The lowest BCUT2D eigenvalue weighted by atomic mass is 9.92. The average molecular weight is 339 g/mol. The quantitative estimate of drug-likeness (QED) is 0.835. The summed E-state index contributed by atoms with van der Waals surface area (Å²) in [5.74, 6) is 0.755. The Kier molecular flexibility index (Phi) is 6.12. The number of hydrogen-bond donors (Lipinski definition) is 1. The molecule has 0 spiro atoms.